The van der Waals surface area contributed by atoms with E-state index in [4.69, 9.17) is 40.9 Å². The highest BCUT2D eigenvalue weighted by atomic mass is 16.6. The molecule has 98 heavy (non-hydrogen) atoms. The molecule has 6 aliphatic rings. The number of aromatic nitrogens is 3. The molecule has 4 aromatic carbocycles. The van der Waals surface area contributed by atoms with E-state index in [1.807, 2.05) is 124 Å². The van der Waals surface area contributed by atoms with Crippen LogP contribution < -0.4 is 37.2 Å². The second kappa shape index (κ2) is 31.5. The molecule has 9 heterocycles. The predicted molar refractivity (Wildman–Crippen MR) is 375 cm³/mol. The highest BCUT2D eigenvalue weighted by molar-refractivity contribution is 6.05. The largest absolute Gasteiger partial charge is 0.465 e. The number of para-hydroxylation sites is 4. The number of amides is 4. The number of ether oxygens (including phenoxy) is 5. The van der Waals surface area contributed by atoms with Gasteiger partial charge in [0.05, 0.1) is 53.7 Å². The summed E-state index contributed by atoms with van der Waals surface area (Å²) in [7, 11) is 2.72. The van der Waals surface area contributed by atoms with Gasteiger partial charge in [-0.05, 0) is 131 Å². The molecule has 0 radical (unpaired) electrons. The molecule has 3 spiro atoms. The van der Waals surface area contributed by atoms with Crippen LogP contribution in [0.5, 0.6) is 0 Å². The molecule has 0 unspecified atom stereocenters. The molecule has 0 saturated carbocycles. The van der Waals surface area contributed by atoms with Crippen LogP contribution in [0.15, 0.2) is 164 Å². The lowest BCUT2D eigenvalue weighted by molar-refractivity contribution is -0.0435. The lowest BCUT2D eigenvalue weighted by Crippen LogP contribution is -2.62. The number of hydrogen-bond donors (Lipinski definition) is 4. The highest BCUT2D eigenvalue weighted by Gasteiger charge is 2.50. The Kier molecular flexibility index (Phi) is 22.5. The Morgan fingerprint density at radius 3 is 1.07 bits per heavy atom. The minimum Gasteiger partial charge on any atom is -0.465 e. The molecule has 3 aromatic heterocycles. The van der Waals surface area contributed by atoms with E-state index in [-0.39, 0.29) is 52.4 Å². The maximum Gasteiger partial charge on any atom is 0.410 e. The number of esters is 2. The van der Waals surface area contributed by atoms with Gasteiger partial charge in [0.1, 0.15) is 36.3 Å². The van der Waals surface area contributed by atoms with Crippen molar-refractivity contribution >= 4 is 76.3 Å². The molecule has 6 saturated heterocycles. The van der Waals surface area contributed by atoms with Gasteiger partial charge in [-0.2, -0.15) is 0 Å². The van der Waals surface area contributed by atoms with Crippen molar-refractivity contribution in [1.82, 2.24) is 29.7 Å². The van der Waals surface area contributed by atoms with Gasteiger partial charge in [0.2, 0.25) is 0 Å². The van der Waals surface area contributed by atoms with E-state index < -0.39 is 5.60 Å². The highest BCUT2D eigenvalue weighted by Crippen LogP contribution is 2.44. The van der Waals surface area contributed by atoms with Crippen molar-refractivity contribution in [1.29, 1.82) is 0 Å². The number of hydrogen-bond acceptors (Lipinski definition) is 20. The summed E-state index contributed by atoms with van der Waals surface area (Å²) in [5.74, 6) is 1.60. The first-order valence-electron chi connectivity index (χ1n) is 33.1. The molecule has 0 atom stereocenters. The third kappa shape index (κ3) is 18.3. The number of benzene rings is 4. The van der Waals surface area contributed by atoms with Crippen LogP contribution >= 0.6 is 0 Å². The first kappa shape index (κ1) is 70.2. The molecule has 6 aliphatic heterocycles. The number of nitrogen functional groups attached to an aromatic ring is 3. The van der Waals surface area contributed by atoms with Gasteiger partial charge >= 0.3 is 30.2 Å². The summed E-state index contributed by atoms with van der Waals surface area (Å²) in [5, 5.41) is 2.82. The van der Waals surface area contributed by atoms with Crippen LogP contribution in [0.3, 0.4) is 0 Å². The summed E-state index contributed by atoms with van der Waals surface area (Å²) < 4.78 is 25.7. The molecular formula is C74H89N13O11. The number of nitrogens with zero attached hydrogens (tertiary/aromatic N) is 9. The van der Waals surface area contributed by atoms with E-state index in [0.717, 1.165) is 146 Å². The third-order valence-corrected chi connectivity index (χ3v) is 18.7. The van der Waals surface area contributed by atoms with Crippen LogP contribution in [0.4, 0.5) is 54.6 Å². The Balaban J connectivity index is 0.000000152. The molecule has 0 aliphatic carbocycles. The number of nitrogens with one attached hydrogen (secondary N) is 1. The maximum absolute atomic E-state index is 12.5. The number of carbonyl (C=O) groups excluding carboxylic acids is 6. The molecule has 6 fully saturated rings. The number of anilines is 7. The fourth-order valence-electron chi connectivity index (χ4n) is 12.9. The summed E-state index contributed by atoms with van der Waals surface area (Å²) in [6.07, 6.45) is 10.1. The molecule has 7 N–H and O–H groups in total. The van der Waals surface area contributed by atoms with E-state index >= 15 is 0 Å². The second-order valence-electron chi connectivity index (χ2n) is 27.0. The summed E-state index contributed by atoms with van der Waals surface area (Å²) >= 11 is 0. The topological polar surface area (TPSA) is 297 Å². The predicted octanol–water partition coefficient (Wildman–Crippen LogP) is 10.8. The van der Waals surface area contributed by atoms with Crippen LogP contribution in [0.2, 0.25) is 0 Å². The standard InChI is InChI=1S/C27H29N5O3.C22H25N3O4.C19H27N3O4.C6H8N2/c28-22-8-4-5-9-23(22)30-25(33)21-10-11-24(29-16-21)31-14-12-27(13-15-31)18-32(19-27)26(34)35-17-20-6-2-1-3-7-20;1-28-20(26)18-7-8-19(23-13-18)24-11-9-22(10-12-24)15-25(16-22)21(27)29-14-17-5-3-2-4-6-17;1-18(2,3)26-17(24)22-12-19(13-22)7-9-21(10-8-19)15-6-5-14(11-20-15)16(23)25-4;7-5-3-1-2-4-6(5)8/h1-11,16H,12-15,17-19,28H2,(H,30,33);2-8,13H,9-12,14-16H2,1H3;5-6,11H,7-10,12-13H2,1-4H3;1-4H,7-8H2. The number of pyridine rings is 3. The number of piperidine rings is 3. The summed E-state index contributed by atoms with van der Waals surface area (Å²) in [6, 6.07) is 44.7. The number of nitrogens with two attached hydrogens (primary N) is 3. The number of rotatable bonds is 11. The van der Waals surface area contributed by atoms with Gasteiger partial charge in [0.25, 0.3) is 5.91 Å². The van der Waals surface area contributed by atoms with Crippen LogP contribution in [0.1, 0.15) is 101 Å². The van der Waals surface area contributed by atoms with E-state index in [0.29, 0.717) is 52.7 Å². The van der Waals surface area contributed by atoms with Gasteiger partial charge in [-0.15, -0.1) is 0 Å². The van der Waals surface area contributed by atoms with Crippen molar-refractivity contribution in [2.45, 2.75) is 78.1 Å². The zero-order chi connectivity index (χ0) is 69.5. The normalized spacial score (nSPS) is 16.9. The quantitative estimate of drug-likeness (QED) is 0.0531. The zero-order valence-corrected chi connectivity index (χ0v) is 56.5. The Morgan fingerprint density at radius 1 is 0.429 bits per heavy atom. The minimum atomic E-state index is -0.453. The van der Waals surface area contributed by atoms with Gasteiger partial charge < -0.3 is 75.6 Å². The van der Waals surface area contributed by atoms with E-state index in [1.165, 1.54) is 14.2 Å². The van der Waals surface area contributed by atoms with Gasteiger partial charge in [-0.3, -0.25) is 4.79 Å². The van der Waals surface area contributed by atoms with Crippen LogP contribution in [0.25, 0.3) is 0 Å². The van der Waals surface area contributed by atoms with Gasteiger partial charge in [-0.25, -0.2) is 38.9 Å². The third-order valence-electron chi connectivity index (χ3n) is 18.7. The average Bonchev–Trinajstić information content (AvgIpc) is 0.775. The van der Waals surface area contributed by atoms with Crippen molar-refractivity contribution in [3.63, 3.8) is 0 Å². The summed E-state index contributed by atoms with van der Waals surface area (Å²) in [6.45, 7) is 16.1. The fraction of sp³-hybridized carbons (Fsp3) is 0.392. The Morgan fingerprint density at radius 2 is 0.755 bits per heavy atom. The Labute approximate surface area is 572 Å². The van der Waals surface area contributed by atoms with Crippen molar-refractivity contribution in [2.75, 3.05) is 130 Å². The van der Waals surface area contributed by atoms with Crippen molar-refractivity contribution < 1.29 is 52.5 Å². The van der Waals surface area contributed by atoms with Crippen molar-refractivity contribution in [3.05, 3.63) is 192 Å². The Bertz CT molecular complexity index is 3790. The molecule has 13 rings (SSSR count). The smallest absolute Gasteiger partial charge is 0.410 e. The number of likely N-dealkylation sites (tertiary alicyclic amines) is 3. The molecule has 516 valence electrons. The van der Waals surface area contributed by atoms with E-state index in [2.05, 4.69) is 35.0 Å². The van der Waals surface area contributed by atoms with Gasteiger partial charge in [0, 0.05) is 113 Å². The second-order valence-corrected chi connectivity index (χ2v) is 27.0. The fourth-order valence-corrected chi connectivity index (χ4v) is 12.9. The average molecular weight is 1340 g/mol. The summed E-state index contributed by atoms with van der Waals surface area (Å²) in [5.41, 5.74) is 22.6. The number of methoxy groups -OCH3 is 2. The monoisotopic (exact) mass is 1340 g/mol. The first-order valence-corrected chi connectivity index (χ1v) is 33.1. The van der Waals surface area contributed by atoms with Crippen LogP contribution in [-0.2, 0) is 36.9 Å². The summed E-state index contributed by atoms with van der Waals surface area (Å²) in [4.78, 5) is 97.7. The van der Waals surface area contributed by atoms with Crippen LogP contribution in [0, 0.1) is 16.2 Å². The Hall–Kier alpha value is -10.7. The first-order chi connectivity index (χ1) is 47.1. The lowest BCUT2D eigenvalue weighted by Gasteiger charge is -2.53. The molecule has 7 aromatic rings. The van der Waals surface area contributed by atoms with Crippen LogP contribution in [-0.4, -0.2) is 164 Å². The lowest BCUT2D eigenvalue weighted by atomic mass is 9.72. The molecular weight excluding hydrogens is 1250 g/mol. The van der Waals surface area contributed by atoms with E-state index in [1.54, 1.807) is 75.8 Å². The van der Waals surface area contributed by atoms with E-state index in [9.17, 15) is 28.8 Å². The van der Waals surface area contributed by atoms with Crippen molar-refractivity contribution in [3.8, 4) is 0 Å². The van der Waals surface area contributed by atoms with Gasteiger partial charge in [-0.1, -0.05) is 84.9 Å². The minimum absolute atomic E-state index is 0.164. The molecule has 24 nitrogen and oxygen atoms in total. The molecule has 0 bridgehead atoms. The zero-order valence-electron chi connectivity index (χ0n) is 56.5. The molecule has 24 heteroatoms. The van der Waals surface area contributed by atoms with Gasteiger partial charge in [0.15, 0.2) is 0 Å². The maximum atomic E-state index is 12.5. The SMILES string of the molecule is COC(=O)c1ccc(N2CCC3(CC2)CN(C(=O)OC(C)(C)C)C3)nc1.COC(=O)c1ccc(N2CCC3(CC2)CN(C(=O)OCc2ccccc2)C3)nc1.Nc1ccccc1N.Nc1ccccc1NC(=O)c1ccc(N2CCC3(CC2)CN(C(=O)OCc2ccccc2)C3)nc1. The van der Waals surface area contributed by atoms with Crippen molar-refractivity contribution in [2.24, 2.45) is 16.2 Å². The number of carbonyl (C=O) groups is 6. The molecule has 4 amide bonds.